The largest absolute Gasteiger partial charge is 0.307 e. The number of rotatable bonds is 5. The van der Waals surface area contributed by atoms with Crippen molar-refractivity contribution in [2.45, 2.75) is 45.2 Å². The lowest BCUT2D eigenvalue weighted by Crippen LogP contribution is -2.43. The molecule has 0 spiro atoms. The molecule has 0 bridgehead atoms. The highest BCUT2D eigenvalue weighted by Gasteiger charge is 2.21. The van der Waals surface area contributed by atoms with E-state index in [2.05, 4.69) is 51.4 Å². The minimum Gasteiger partial charge on any atom is -0.307 e. The molecule has 0 radical (unpaired) electrons. The predicted octanol–water partition coefficient (Wildman–Crippen LogP) is 4.04. The van der Waals surface area contributed by atoms with Crippen LogP contribution in [-0.2, 0) is 0 Å². The van der Waals surface area contributed by atoms with Crippen LogP contribution < -0.4 is 5.32 Å². The summed E-state index contributed by atoms with van der Waals surface area (Å²) in [6.07, 6.45) is 3.84. The highest BCUT2D eigenvalue weighted by molar-refractivity contribution is 9.10. The van der Waals surface area contributed by atoms with Gasteiger partial charge in [-0.1, -0.05) is 6.92 Å². The summed E-state index contributed by atoms with van der Waals surface area (Å²) < 4.78 is 1.25. The van der Waals surface area contributed by atoms with E-state index in [1.165, 1.54) is 48.2 Å². The number of halogens is 1. The van der Waals surface area contributed by atoms with E-state index in [1.807, 2.05) is 11.3 Å². The molecule has 2 heterocycles. The number of nitrogens with one attached hydrogen (secondary N) is 1. The van der Waals surface area contributed by atoms with Gasteiger partial charge >= 0.3 is 0 Å². The molecule has 1 N–H and O–H groups in total. The van der Waals surface area contributed by atoms with Crippen molar-refractivity contribution in [2.24, 2.45) is 0 Å². The third kappa shape index (κ3) is 3.80. The summed E-state index contributed by atoms with van der Waals surface area (Å²) in [7, 11) is 0. The van der Waals surface area contributed by atoms with Crippen LogP contribution in [-0.4, -0.2) is 30.6 Å². The normalized spacial score (nSPS) is 20.2. The van der Waals surface area contributed by atoms with Crippen LogP contribution in [0.4, 0.5) is 0 Å². The molecule has 102 valence electrons. The minimum atomic E-state index is 0.460. The van der Waals surface area contributed by atoms with Crippen molar-refractivity contribution in [1.82, 2.24) is 10.2 Å². The first-order chi connectivity index (χ1) is 8.70. The van der Waals surface area contributed by atoms with E-state index in [0.717, 1.165) is 0 Å². The van der Waals surface area contributed by atoms with Crippen molar-refractivity contribution in [2.75, 3.05) is 19.6 Å². The zero-order chi connectivity index (χ0) is 13.0. The monoisotopic (exact) mass is 330 g/mol. The maximum absolute atomic E-state index is 3.78. The van der Waals surface area contributed by atoms with E-state index in [1.54, 1.807) is 0 Å². The van der Waals surface area contributed by atoms with Crippen molar-refractivity contribution in [3.05, 3.63) is 20.8 Å². The lowest BCUT2D eigenvalue weighted by Gasteiger charge is -2.33. The summed E-state index contributed by atoms with van der Waals surface area (Å²) in [5.74, 6) is 0. The molecule has 1 saturated heterocycles. The second kappa shape index (κ2) is 7.04. The SMILES string of the molecule is CCCN1CCC(NC(C)c2sccc2Br)CC1. The quantitative estimate of drug-likeness (QED) is 0.876. The fourth-order valence-electron chi connectivity index (χ4n) is 2.68. The molecule has 0 aliphatic carbocycles. The molecular formula is C14H23BrN2S. The fourth-order valence-corrected chi connectivity index (χ4v) is 4.42. The van der Waals surface area contributed by atoms with Crippen molar-refractivity contribution in [1.29, 1.82) is 0 Å². The molecule has 0 saturated carbocycles. The Morgan fingerprint density at radius 1 is 1.50 bits per heavy atom. The van der Waals surface area contributed by atoms with Gasteiger partial charge in [-0.2, -0.15) is 0 Å². The van der Waals surface area contributed by atoms with Crippen molar-refractivity contribution in [3.8, 4) is 0 Å². The smallest absolute Gasteiger partial charge is 0.0399 e. The lowest BCUT2D eigenvalue weighted by molar-refractivity contribution is 0.193. The molecule has 1 unspecified atom stereocenters. The maximum Gasteiger partial charge on any atom is 0.0399 e. The van der Waals surface area contributed by atoms with Gasteiger partial charge in [0.05, 0.1) is 0 Å². The minimum absolute atomic E-state index is 0.460. The standard InChI is InChI=1S/C14H23BrN2S/c1-3-7-17-8-4-12(5-9-17)16-11(2)14-13(15)6-10-18-14/h6,10-12,16H,3-5,7-9H2,1-2H3. The molecule has 0 amide bonds. The summed E-state index contributed by atoms with van der Waals surface area (Å²) in [6, 6.07) is 3.28. The molecular weight excluding hydrogens is 308 g/mol. The number of piperidine rings is 1. The third-order valence-electron chi connectivity index (χ3n) is 3.65. The first-order valence-corrected chi connectivity index (χ1v) is 8.59. The Bertz CT molecular complexity index is 358. The summed E-state index contributed by atoms with van der Waals surface area (Å²) >= 11 is 5.46. The number of likely N-dealkylation sites (tertiary alicyclic amines) is 1. The molecule has 1 aromatic heterocycles. The van der Waals surface area contributed by atoms with Crippen LogP contribution in [0.15, 0.2) is 15.9 Å². The van der Waals surface area contributed by atoms with Gasteiger partial charge in [-0.25, -0.2) is 0 Å². The van der Waals surface area contributed by atoms with Crippen molar-refractivity contribution >= 4 is 27.3 Å². The van der Waals surface area contributed by atoms with Gasteiger partial charge in [-0.15, -0.1) is 11.3 Å². The fraction of sp³-hybridized carbons (Fsp3) is 0.714. The second-order valence-corrected chi connectivity index (χ2v) is 6.94. The van der Waals surface area contributed by atoms with Gasteiger partial charge in [-0.3, -0.25) is 0 Å². The van der Waals surface area contributed by atoms with Gasteiger partial charge in [0, 0.05) is 21.4 Å². The number of hydrogen-bond acceptors (Lipinski definition) is 3. The second-order valence-electron chi connectivity index (χ2n) is 5.14. The Morgan fingerprint density at radius 2 is 2.22 bits per heavy atom. The summed E-state index contributed by atoms with van der Waals surface area (Å²) in [5, 5.41) is 5.93. The van der Waals surface area contributed by atoms with Crippen LogP contribution in [0.3, 0.4) is 0 Å². The molecule has 1 aromatic rings. The molecule has 2 nitrogen and oxygen atoms in total. The van der Waals surface area contributed by atoms with Gasteiger partial charge in [0.2, 0.25) is 0 Å². The highest BCUT2D eigenvalue weighted by atomic mass is 79.9. The first-order valence-electron chi connectivity index (χ1n) is 6.92. The molecule has 18 heavy (non-hydrogen) atoms. The zero-order valence-electron chi connectivity index (χ0n) is 11.3. The van der Waals surface area contributed by atoms with E-state index in [4.69, 9.17) is 0 Å². The first kappa shape index (κ1) is 14.5. The summed E-state index contributed by atoms with van der Waals surface area (Å²) in [5.41, 5.74) is 0. The van der Waals surface area contributed by atoms with Gasteiger partial charge in [0.1, 0.15) is 0 Å². The van der Waals surface area contributed by atoms with Crippen molar-refractivity contribution in [3.63, 3.8) is 0 Å². The number of nitrogens with zero attached hydrogens (tertiary/aromatic N) is 1. The van der Waals surface area contributed by atoms with Crippen LogP contribution >= 0.6 is 27.3 Å². The van der Waals surface area contributed by atoms with Gasteiger partial charge in [0.25, 0.3) is 0 Å². The average molecular weight is 331 g/mol. The summed E-state index contributed by atoms with van der Waals surface area (Å²) in [4.78, 5) is 4.01. The molecule has 0 aromatic carbocycles. The highest BCUT2D eigenvalue weighted by Crippen LogP contribution is 2.29. The van der Waals surface area contributed by atoms with Crippen LogP contribution in [0.5, 0.6) is 0 Å². The van der Waals surface area contributed by atoms with Crippen molar-refractivity contribution < 1.29 is 0 Å². The average Bonchev–Trinajstić information content (AvgIpc) is 2.78. The van der Waals surface area contributed by atoms with E-state index in [9.17, 15) is 0 Å². The van der Waals surface area contributed by atoms with E-state index < -0.39 is 0 Å². The topological polar surface area (TPSA) is 15.3 Å². The van der Waals surface area contributed by atoms with E-state index in [0.29, 0.717) is 12.1 Å². The molecule has 1 aliphatic rings. The van der Waals surface area contributed by atoms with Crippen LogP contribution in [0, 0.1) is 0 Å². The Hall–Kier alpha value is 0.100. The Labute approximate surface area is 123 Å². The third-order valence-corrected chi connectivity index (χ3v) is 5.70. The van der Waals surface area contributed by atoms with Crippen LogP contribution in [0.2, 0.25) is 0 Å². The molecule has 1 atom stereocenters. The molecule has 1 aliphatic heterocycles. The van der Waals surface area contributed by atoms with Gasteiger partial charge in [0.15, 0.2) is 0 Å². The van der Waals surface area contributed by atoms with Gasteiger partial charge in [-0.05, 0) is 73.2 Å². The molecule has 1 fully saturated rings. The number of thiophene rings is 1. The molecule has 2 rings (SSSR count). The summed E-state index contributed by atoms with van der Waals surface area (Å²) in [6.45, 7) is 8.31. The predicted molar refractivity (Wildman–Crippen MR) is 83.3 cm³/mol. The Morgan fingerprint density at radius 3 is 2.78 bits per heavy atom. The molecule has 4 heteroatoms. The lowest BCUT2D eigenvalue weighted by atomic mass is 10.0. The maximum atomic E-state index is 3.78. The zero-order valence-corrected chi connectivity index (χ0v) is 13.7. The Kier molecular flexibility index (Phi) is 5.67. The van der Waals surface area contributed by atoms with Crippen LogP contribution in [0.25, 0.3) is 0 Å². The van der Waals surface area contributed by atoms with E-state index >= 15 is 0 Å². The number of hydrogen-bond donors (Lipinski definition) is 1. The van der Waals surface area contributed by atoms with Gasteiger partial charge < -0.3 is 10.2 Å². The van der Waals surface area contributed by atoms with Crippen LogP contribution in [0.1, 0.15) is 44.0 Å². The Balaban J connectivity index is 1.79. The van der Waals surface area contributed by atoms with E-state index in [-0.39, 0.29) is 0 Å².